The topological polar surface area (TPSA) is 80.3 Å². The first kappa shape index (κ1) is 15.8. The lowest BCUT2D eigenvalue weighted by atomic mass is 9.95. The molecule has 1 N–H and O–H groups in total. The Morgan fingerprint density at radius 3 is 2.29 bits per heavy atom. The number of carbonyl (C=O) groups is 2. The molecule has 17 heavy (non-hydrogen) atoms. The lowest BCUT2D eigenvalue weighted by molar-refractivity contribution is -0.129. The normalized spacial score (nSPS) is 11.9. The second-order valence-corrected chi connectivity index (χ2v) is 6.73. The number of carbonyl (C=O) groups excluding carboxylic acids is 2. The summed E-state index contributed by atoms with van der Waals surface area (Å²) < 4.78 is 21.8. The van der Waals surface area contributed by atoms with Crippen molar-refractivity contribution in [2.45, 2.75) is 32.2 Å². The van der Waals surface area contributed by atoms with Gasteiger partial charge in [0.25, 0.3) is 0 Å². The van der Waals surface area contributed by atoms with Gasteiger partial charge in [-0.3, -0.25) is 9.59 Å². The van der Waals surface area contributed by atoms with E-state index in [1.807, 2.05) is 0 Å². The van der Waals surface area contributed by atoms with E-state index < -0.39 is 21.3 Å². The molecule has 6 heteroatoms. The Hall–Kier alpha value is -1.17. The largest absolute Gasteiger partial charge is 0.341 e. The minimum absolute atomic E-state index is 0.0236. The van der Waals surface area contributed by atoms with Crippen LogP contribution >= 0.6 is 0 Å². The summed E-state index contributed by atoms with van der Waals surface area (Å²) in [6.45, 7) is 6.46. The highest BCUT2D eigenvalue weighted by atomic mass is 32.2. The van der Waals surface area contributed by atoms with Crippen LogP contribution < -0.4 is 5.32 Å². The molecule has 0 unspecified atom stereocenters. The summed E-state index contributed by atoms with van der Waals surface area (Å²) in [7, 11) is -3.05. The second kappa shape index (κ2) is 5.95. The average molecular weight is 261 g/mol. The highest BCUT2D eigenvalue weighted by Crippen LogP contribution is 2.09. The van der Waals surface area contributed by atoms with Crippen molar-refractivity contribution < 1.29 is 18.0 Å². The van der Waals surface area contributed by atoms with E-state index in [0.29, 0.717) is 0 Å². The van der Waals surface area contributed by atoms with E-state index in [9.17, 15) is 18.0 Å². The molecule has 0 aliphatic rings. The monoisotopic (exact) mass is 261 g/mol. The zero-order chi connectivity index (χ0) is 13.7. The van der Waals surface area contributed by atoms with Gasteiger partial charge in [-0.25, -0.2) is 8.42 Å². The maximum atomic E-state index is 11.8. The zero-order valence-electron chi connectivity index (χ0n) is 10.4. The van der Waals surface area contributed by atoms with E-state index in [0.717, 1.165) is 12.3 Å². The standard InChI is InChI=1S/C11H19NO4S/c1-5-10(14)12-11(2,3)9(13)7-6-8-17(4,15)16/h5H,1,6-8H2,2-4H3,(H,12,14). The number of nitrogens with one attached hydrogen (secondary N) is 1. The highest BCUT2D eigenvalue weighted by molar-refractivity contribution is 7.90. The number of rotatable bonds is 7. The summed E-state index contributed by atoms with van der Waals surface area (Å²) in [5.41, 5.74) is -0.997. The van der Waals surface area contributed by atoms with Gasteiger partial charge in [-0.05, 0) is 26.3 Å². The quantitative estimate of drug-likeness (QED) is 0.675. The molecule has 0 aromatic carbocycles. The van der Waals surface area contributed by atoms with Gasteiger partial charge in [0.05, 0.1) is 11.3 Å². The number of hydrogen-bond donors (Lipinski definition) is 1. The first-order chi connectivity index (χ1) is 7.58. The fourth-order valence-corrected chi connectivity index (χ4v) is 1.90. The molecule has 0 aromatic heterocycles. The molecule has 0 atom stereocenters. The van der Waals surface area contributed by atoms with Crippen LogP contribution in [0.3, 0.4) is 0 Å². The van der Waals surface area contributed by atoms with E-state index >= 15 is 0 Å². The van der Waals surface area contributed by atoms with E-state index in [-0.39, 0.29) is 24.4 Å². The molecule has 0 saturated carbocycles. The molecule has 0 aromatic rings. The van der Waals surface area contributed by atoms with Crippen LogP contribution in [-0.2, 0) is 19.4 Å². The fourth-order valence-electron chi connectivity index (χ4n) is 1.24. The van der Waals surface area contributed by atoms with Gasteiger partial charge < -0.3 is 5.32 Å². The highest BCUT2D eigenvalue weighted by Gasteiger charge is 2.27. The molecule has 0 spiro atoms. The van der Waals surface area contributed by atoms with Gasteiger partial charge in [0.2, 0.25) is 5.91 Å². The van der Waals surface area contributed by atoms with Gasteiger partial charge in [0.15, 0.2) is 5.78 Å². The third-order valence-corrected chi connectivity index (χ3v) is 3.27. The maximum Gasteiger partial charge on any atom is 0.244 e. The lowest BCUT2D eigenvalue weighted by Gasteiger charge is -2.23. The molecular weight excluding hydrogens is 242 g/mol. The summed E-state index contributed by atoms with van der Waals surface area (Å²) >= 11 is 0. The first-order valence-corrected chi connectivity index (χ1v) is 7.30. The fraction of sp³-hybridized carbons (Fsp3) is 0.636. The average Bonchev–Trinajstić information content (AvgIpc) is 2.14. The van der Waals surface area contributed by atoms with Crippen LogP contribution in [0.4, 0.5) is 0 Å². The van der Waals surface area contributed by atoms with Crippen molar-refractivity contribution in [2.75, 3.05) is 12.0 Å². The summed E-state index contributed by atoms with van der Waals surface area (Å²) in [5.74, 6) is -0.646. The Labute approximate surface area is 102 Å². The zero-order valence-corrected chi connectivity index (χ0v) is 11.3. The minimum Gasteiger partial charge on any atom is -0.341 e. The number of ketones is 1. The van der Waals surface area contributed by atoms with Crippen molar-refractivity contribution >= 4 is 21.5 Å². The SMILES string of the molecule is C=CC(=O)NC(C)(C)C(=O)CCCS(C)(=O)=O. The Morgan fingerprint density at radius 2 is 1.88 bits per heavy atom. The van der Waals surface area contributed by atoms with Crippen LogP contribution in [-0.4, -0.2) is 37.7 Å². The van der Waals surface area contributed by atoms with Crippen LogP contribution in [0.5, 0.6) is 0 Å². The second-order valence-electron chi connectivity index (χ2n) is 4.47. The van der Waals surface area contributed by atoms with E-state index in [1.54, 1.807) is 13.8 Å². The summed E-state index contributed by atoms with van der Waals surface area (Å²) in [6.07, 6.45) is 2.61. The third kappa shape index (κ3) is 6.88. The van der Waals surface area contributed by atoms with Gasteiger partial charge in [-0.15, -0.1) is 0 Å². The van der Waals surface area contributed by atoms with Gasteiger partial charge in [0.1, 0.15) is 9.84 Å². The molecule has 0 fully saturated rings. The van der Waals surface area contributed by atoms with E-state index in [2.05, 4.69) is 11.9 Å². The molecule has 0 saturated heterocycles. The molecule has 0 heterocycles. The van der Waals surface area contributed by atoms with Crippen LogP contribution in [0, 0.1) is 0 Å². The predicted octanol–water partition coefficient (Wildman–Crippen LogP) is 0.461. The van der Waals surface area contributed by atoms with E-state index in [1.165, 1.54) is 0 Å². The third-order valence-electron chi connectivity index (χ3n) is 2.24. The maximum absolute atomic E-state index is 11.8. The lowest BCUT2D eigenvalue weighted by Crippen LogP contribution is -2.49. The number of amides is 1. The summed E-state index contributed by atoms with van der Waals surface area (Å²) in [5, 5.41) is 2.50. The molecule has 0 radical (unpaired) electrons. The molecule has 0 rings (SSSR count). The van der Waals surface area contributed by atoms with Crippen molar-refractivity contribution in [1.82, 2.24) is 5.32 Å². The van der Waals surface area contributed by atoms with Gasteiger partial charge in [-0.2, -0.15) is 0 Å². The molecule has 5 nitrogen and oxygen atoms in total. The van der Waals surface area contributed by atoms with E-state index in [4.69, 9.17) is 0 Å². The number of Topliss-reactive ketones (excluding diaryl/α,β-unsaturated/α-hetero) is 1. The van der Waals surface area contributed by atoms with Crippen molar-refractivity contribution in [3.8, 4) is 0 Å². The Balaban J connectivity index is 4.30. The smallest absolute Gasteiger partial charge is 0.244 e. The minimum atomic E-state index is -3.05. The molecule has 1 amide bonds. The Morgan fingerprint density at radius 1 is 1.35 bits per heavy atom. The van der Waals surface area contributed by atoms with Crippen molar-refractivity contribution in [2.24, 2.45) is 0 Å². The number of hydrogen-bond acceptors (Lipinski definition) is 4. The van der Waals surface area contributed by atoms with Crippen LogP contribution in [0.25, 0.3) is 0 Å². The molecular formula is C11H19NO4S. The molecule has 0 aliphatic heterocycles. The van der Waals surface area contributed by atoms with Gasteiger partial charge in [0, 0.05) is 12.7 Å². The van der Waals surface area contributed by atoms with Crippen LogP contribution in [0.15, 0.2) is 12.7 Å². The Kier molecular flexibility index (Phi) is 5.54. The van der Waals surface area contributed by atoms with Crippen molar-refractivity contribution in [3.63, 3.8) is 0 Å². The first-order valence-electron chi connectivity index (χ1n) is 5.24. The van der Waals surface area contributed by atoms with Gasteiger partial charge >= 0.3 is 0 Å². The van der Waals surface area contributed by atoms with Gasteiger partial charge in [-0.1, -0.05) is 6.58 Å². The van der Waals surface area contributed by atoms with Crippen LogP contribution in [0.2, 0.25) is 0 Å². The number of sulfone groups is 1. The summed E-state index contributed by atoms with van der Waals surface area (Å²) in [6, 6.07) is 0. The van der Waals surface area contributed by atoms with Crippen LogP contribution in [0.1, 0.15) is 26.7 Å². The molecule has 98 valence electrons. The summed E-state index contributed by atoms with van der Waals surface area (Å²) in [4.78, 5) is 22.8. The predicted molar refractivity (Wildman–Crippen MR) is 66.4 cm³/mol. The molecule has 0 bridgehead atoms. The Bertz CT molecular complexity index is 409. The van der Waals surface area contributed by atoms with Crippen molar-refractivity contribution in [1.29, 1.82) is 0 Å². The van der Waals surface area contributed by atoms with Crippen molar-refractivity contribution in [3.05, 3.63) is 12.7 Å². The molecule has 0 aliphatic carbocycles.